The molecule has 0 spiro atoms. The summed E-state index contributed by atoms with van der Waals surface area (Å²) < 4.78 is 5.03. The zero-order valence-electron chi connectivity index (χ0n) is 11.3. The summed E-state index contributed by atoms with van der Waals surface area (Å²) in [5.74, 6) is 0.584. The maximum absolute atomic E-state index is 11.6. The average Bonchev–Trinajstić information content (AvgIpc) is 2.77. The molecule has 0 fully saturated rings. The molecule has 1 atom stereocenters. The van der Waals surface area contributed by atoms with Crippen LogP contribution in [0.25, 0.3) is 0 Å². The molecular formula is C12H20N2O4S. The summed E-state index contributed by atoms with van der Waals surface area (Å²) in [5, 5.41) is 24.2. The molecule has 0 aliphatic heterocycles. The Kier molecular flexibility index (Phi) is 5.84. The zero-order valence-corrected chi connectivity index (χ0v) is 12.2. The van der Waals surface area contributed by atoms with Gasteiger partial charge in [0.05, 0.1) is 24.2 Å². The van der Waals surface area contributed by atoms with Crippen LogP contribution in [0.1, 0.15) is 26.5 Å². The van der Waals surface area contributed by atoms with Crippen LogP contribution in [-0.4, -0.2) is 45.5 Å². The van der Waals surface area contributed by atoms with Gasteiger partial charge in [0, 0.05) is 17.2 Å². The molecule has 0 aromatic carbocycles. The van der Waals surface area contributed by atoms with Gasteiger partial charge in [-0.15, -0.1) is 11.8 Å². The molecule has 0 radical (unpaired) electrons. The lowest BCUT2D eigenvalue weighted by Gasteiger charge is -2.12. The maximum Gasteiger partial charge on any atom is 0.236 e. The second-order valence-corrected chi connectivity index (χ2v) is 6.26. The van der Waals surface area contributed by atoms with Gasteiger partial charge in [-0.2, -0.15) is 0 Å². The Morgan fingerprint density at radius 1 is 1.58 bits per heavy atom. The predicted molar refractivity (Wildman–Crippen MR) is 74.3 cm³/mol. The Morgan fingerprint density at radius 3 is 2.79 bits per heavy atom. The number of nitrogens with zero attached hydrogens (tertiary/aromatic N) is 1. The number of aromatic nitrogens is 1. The largest absolute Gasteiger partial charge is 0.394 e. The van der Waals surface area contributed by atoms with Crippen molar-refractivity contribution in [2.24, 2.45) is 0 Å². The van der Waals surface area contributed by atoms with E-state index in [-0.39, 0.29) is 23.7 Å². The summed E-state index contributed by atoms with van der Waals surface area (Å²) in [6.07, 6.45) is -0.796. The number of hydrogen-bond acceptors (Lipinski definition) is 6. The van der Waals surface area contributed by atoms with Gasteiger partial charge in [0.25, 0.3) is 0 Å². The molecule has 108 valence electrons. The monoisotopic (exact) mass is 288 g/mol. The topological polar surface area (TPSA) is 95.6 Å². The van der Waals surface area contributed by atoms with Crippen molar-refractivity contribution < 1.29 is 19.5 Å². The minimum absolute atomic E-state index is 0.132. The Balaban J connectivity index is 2.38. The van der Waals surface area contributed by atoms with E-state index in [2.05, 4.69) is 10.5 Å². The van der Waals surface area contributed by atoms with Gasteiger partial charge in [-0.1, -0.05) is 25.9 Å². The van der Waals surface area contributed by atoms with Crippen LogP contribution >= 0.6 is 11.8 Å². The lowest BCUT2D eigenvalue weighted by Crippen LogP contribution is -2.19. The Bertz CT molecular complexity index is 414. The molecule has 1 heterocycles. The van der Waals surface area contributed by atoms with Gasteiger partial charge in [0.2, 0.25) is 11.8 Å². The average molecular weight is 288 g/mol. The van der Waals surface area contributed by atoms with Gasteiger partial charge in [-0.05, 0) is 0 Å². The van der Waals surface area contributed by atoms with Crippen LogP contribution in [-0.2, 0) is 10.2 Å². The second kappa shape index (κ2) is 6.93. The van der Waals surface area contributed by atoms with Crippen LogP contribution in [0.2, 0.25) is 0 Å². The number of anilines is 1. The van der Waals surface area contributed by atoms with Crippen molar-refractivity contribution in [3.8, 4) is 0 Å². The van der Waals surface area contributed by atoms with E-state index in [1.165, 1.54) is 11.8 Å². The minimum atomic E-state index is -0.796. The van der Waals surface area contributed by atoms with E-state index in [4.69, 9.17) is 14.7 Å². The number of nitrogens with one attached hydrogen (secondary N) is 1. The van der Waals surface area contributed by atoms with Crippen molar-refractivity contribution in [3.05, 3.63) is 11.8 Å². The molecule has 6 nitrogen and oxygen atoms in total. The maximum atomic E-state index is 11.6. The highest BCUT2D eigenvalue weighted by atomic mass is 32.2. The molecule has 0 aliphatic carbocycles. The smallest absolute Gasteiger partial charge is 0.236 e. The molecule has 0 bridgehead atoms. The summed E-state index contributed by atoms with van der Waals surface area (Å²) in [5.41, 5.74) is 0.637. The van der Waals surface area contributed by atoms with Crippen LogP contribution in [0.5, 0.6) is 0 Å². The van der Waals surface area contributed by atoms with Gasteiger partial charge in [0.15, 0.2) is 0 Å². The zero-order chi connectivity index (χ0) is 14.5. The van der Waals surface area contributed by atoms with Crippen LogP contribution in [0.15, 0.2) is 10.6 Å². The standard InChI is InChI=1S/C12H20N2O4S/c1-12(2,3)9-4-11(18-14-9)13-10(17)7-19-6-8(16)5-15/h4,8,15-16H,5-7H2,1-3H3,(H,13,17). The van der Waals surface area contributed by atoms with Crippen LogP contribution in [0.4, 0.5) is 5.88 Å². The van der Waals surface area contributed by atoms with E-state index in [9.17, 15) is 4.79 Å². The van der Waals surface area contributed by atoms with E-state index in [0.29, 0.717) is 11.6 Å². The Hall–Kier alpha value is -1.05. The molecule has 7 heteroatoms. The van der Waals surface area contributed by atoms with Gasteiger partial charge in [-0.3, -0.25) is 10.1 Å². The Morgan fingerprint density at radius 2 is 2.26 bits per heavy atom. The first-order chi connectivity index (χ1) is 8.82. The van der Waals surface area contributed by atoms with Crippen molar-refractivity contribution in [1.29, 1.82) is 0 Å². The predicted octanol–water partition coefficient (Wildman–Crippen LogP) is 0.997. The third-order valence-corrected chi connectivity index (χ3v) is 3.38. The van der Waals surface area contributed by atoms with Crippen LogP contribution in [0, 0.1) is 0 Å². The fraction of sp³-hybridized carbons (Fsp3) is 0.667. The van der Waals surface area contributed by atoms with Crippen molar-refractivity contribution >= 4 is 23.6 Å². The molecule has 0 saturated heterocycles. The normalized spacial score (nSPS) is 13.3. The number of thioether (sulfide) groups is 1. The number of rotatable bonds is 6. The molecule has 3 N–H and O–H groups in total. The highest BCUT2D eigenvalue weighted by molar-refractivity contribution is 8.00. The quantitative estimate of drug-likeness (QED) is 0.722. The molecule has 1 unspecified atom stereocenters. The number of aliphatic hydroxyl groups is 2. The lowest BCUT2D eigenvalue weighted by atomic mass is 9.92. The highest BCUT2D eigenvalue weighted by Crippen LogP contribution is 2.23. The molecule has 0 aliphatic rings. The molecule has 19 heavy (non-hydrogen) atoms. The van der Waals surface area contributed by atoms with Crippen LogP contribution in [0.3, 0.4) is 0 Å². The van der Waals surface area contributed by atoms with Gasteiger partial charge >= 0.3 is 0 Å². The summed E-state index contributed by atoms with van der Waals surface area (Å²) in [7, 11) is 0. The van der Waals surface area contributed by atoms with Gasteiger partial charge < -0.3 is 14.7 Å². The third-order valence-electron chi connectivity index (χ3n) is 2.30. The van der Waals surface area contributed by atoms with E-state index < -0.39 is 6.10 Å². The molecule has 1 aromatic rings. The molecular weight excluding hydrogens is 268 g/mol. The fourth-order valence-corrected chi connectivity index (χ4v) is 1.95. The minimum Gasteiger partial charge on any atom is -0.394 e. The second-order valence-electron chi connectivity index (χ2n) is 5.23. The van der Waals surface area contributed by atoms with Crippen molar-refractivity contribution in [3.63, 3.8) is 0 Å². The first-order valence-corrected chi connectivity index (χ1v) is 7.12. The highest BCUT2D eigenvalue weighted by Gasteiger charge is 2.19. The van der Waals surface area contributed by atoms with E-state index in [1.807, 2.05) is 20.8 Å². The van der Waals surface area contributed by atoms with Gasteiger partial charge in [0.1, 0.15) is 0 Å². The van der Waals surface area contributed by atoms with Gasteiger partial charge in [-0.25, -0.2) is 0 Å². The summed E-state index contributed by atoms with van der Waals surface area (Å²) in [4.78, 5) is 11.6. The Labute approximate surface area is 116 Å². The molecule has 1 aromatic heterocycles. The third kappa shape index (κ3) is 5.63. The summed E-state index contributed by atoms with van der Waals surface area (Å²) >= 11 is 1.24. The number of aliphatic hydroxyl groups excluding tert-OH is 2. The molecule has 1 amide bonds. The fourth-order valence-electron chi connectivity index (χ4n) is 1.20. The van der Waals surface area contributed by atoms with Crippen molar-refractivity contribution in [2.45, 2.75) is 32.3 Å². The number of amides is 1. The first-order valence-electron chi connectivity index (χ1n) is 5.96. The summed E-state index contributed by atoms with van der Waals surface area (Å²) in [6.45, 7) is 5.71. The van der Waals surface area contributed by atoms with E-state index in [1.54, 1.807) is 6.07 Å². The SMILES string of the molecule is CC(C)(C)c1cc(NC(=O)CSCC(O)CO)on1. The molecule has 0 saturated carbocycles. The first kappa shape index (κ1) is 16.0. The number of carbonyl (C=O) groups is 1. The summed E-state index contributed by atoms with van der Waals surface area (Å²) in [6, 6.07) is 1.70. The van der Waals surface area contributed by atoms with E-state index in [0.717, 1.165) is 5.69 Å². The van der Waals surface area contributed by atoms with Crippen LogP contribution < -0.4 is 5.32 Å². The molecule has 1 rings (SSSR count). The number of hydrogen-bond donors (Lipinski definition) is 3. The van der Waals surface area contributed by atoms with E-state index >= 15 is 0 Å². The van der Waals surface area contributed by atoms with Crippen molar-refractivity contribution in [1.82, 2.24) is 5.16 Å². The number of carbonyl (C=O) groups excluding carboxylic acids is 1. The van der Waals surface area contributed by atoms with Crippen molar-refractivity contribution in [2.75, 3.05) is 23.4 Å². The lowest BCUT2D eigenvalue weighted by molar-refractivity contribution is -0.113.